The number of alkyl halides is 3. The minimum absolute atomic E-state index is 0.811. The number of hydrogen-bond donors (Lipinski definition) is 1. The Hall–Kier alpha value is -0.290. The second kappa shape index (κ2) is 2.53. The molecule has 2 atom stereocenters. The van der Waals surface area contributed by atoms with Crippen LogP contribution in [0.5, 0.6) is 0 Å². The average Bonchev–Trinajstić information content (AvgIpc) is 1.62. The maximum absolute atomic E-state index is 11.2. The molecule has 0 heterocycles. The fourth-order valence-electron chi connectivity index (χ4n) is 0.273. The van der Waals surface area contributed by atoms with Crippen molar-refractivity contribution in [3.05, 3.63) is 0 Å². The number of rotatable bonds is 1. The zero-order valence-electron chi connectivity index (χ0n) is 4.64. The predicted molar refractivity (Wildman–Crippen MR) is 22.2 cm³/mol. The van der Waals surface area contributed by atoms with Crippen molar-refractivity contribution in [1.29, 1.82) is 0 Å². The van der Waals surface area contributed by atoms with Gasteiger partial charge < -0.3 is 5.11 Å². The molecule has 1 N–H and O–H groups in total. The molecular weight excluding hydrogens is 137 g/mol. The predicted octanol–water partition coefficient (Wildman–Crippen LogP) is 0.729. The van der Waals surface area contributed by atoms with Crippen molar-refractivity contribution in [2.45, 2.75) is 25.3 Å². The quantitative estimate of drug-likeness (QED) is 0.577. The molecule has 1 radical (unpaired) electrons. The molecule has 0 rings (SSSR count). The van der Waals surface area contributed by atoms with Crippen molar-refractivity contribution in [3.63, 3.8) is 0 Å². The Labute approximate surface area is 49.9 Å². The Morgan fingerprint density at radius 2 is 1.78 bits per heavy atom. The van der Waals surface area contributed by atoms with Crippen molar-refractivity contribution >= 4 is 0 Å². The number of hydrogen-bond acceptors (Lipinski definition) is 1. The number of halogens is 3. The first-order valence-corrected chi connectivity index (χ1v) is 2.26. The van der Waals surface area contributed by atoms with Gasteiger partial charge in [-0.1, -0.05) is 0 Å². The third kappa shape index (κ3) is 2.67. The summed E-state index contributed by atoms with van der Waals surface area (Å²) in [7, 11) is 0. The largest absolute Gasteiger partial charge is 0.420 e. The van der Waals surface area contributed by atoms with Crippen LogP contribution in [0, 0.1) is 0 Å². The summed E-state index contributed by atoms with van der Waals surface area (Å²) in [6, 6.07) is 0. The van der Waals surface area contributed by atoms with Crippen LogP contribution in [-0.4, -0.2) is 23.5 Å². The van der Waals surface area contributed by atoms with E-state index in [-0.39, 0.29) is 0 Å². The van der Waals surface area contributed by atoms with Gasteiger partial charge in [-0.05, 0) is 6.92 Å². The zero-order valence-corrected chi connectivity index (χ0v) is 4.64. The van der Waals surface area contributed by atoms with Crippen LogP contribution >= 0.6 is 0 Å². The minimum atomic E-state index is -4.83. The molecule has 0 aliphatic rings. The molecule has 0 aromatic rings. The van der Waals surface area contributed by atoms with E-state index in [1.54, 1.807) is 0 Å². The monoisotopic (exact) mass is 143 g/mol. The van der Waals surface area contributed by atoms with E-state index in [0.717, 1.165) is 6.92 Å². The molecule has 0 saturated carbocycles. The van der Waals surface area contributed by atoms with Crippen molar-refractivity contribution in [3.8, 4) is 0 Å². The standard InChI is InChI=1S/C4H6F3O2/c1-2(8)3(9)4(5,6)7/h2-3,8H,1H3. The third-order valence-corrected chi connectivity index (χ3v) is 0.761. The molecule has 0 spiro atoms. The maximum Gasteiger partial charge on any atom is 0.420 e. The van der Waals surface area contributed by atoms with Crippen molar-refractivity contribution < 1.29 is 23.4 Å². The van der Waals surface area contributed by atoms with Gasteiger partial charge in [0, 0.05) is 0 Å². The normalized spacial score (nSPS) is 19.3. The van der Waals surface area contributed by atoms with Crippen LogP contribution in [0.4, 0.5) is 13.2 Å². The van der Waals surface area contributed by atoms with E-state index in [1.807, 2.05) is 0 Å². The molecule has 0 aromatic carbocycles. The first-order chi connectivity index (χ1) is 3.85. The highest BCUT2D eigenvalue weighted by molar-refractivity contribution is 4.69. The van der Waals surface area contributed by atoms with E-state index in [0.29, 0.717) is 0 Å². The first kappa shape index (κ1) is 8.71. The Morgan fingerprint density at radius 1 is 1.44 bits per heavy atom. The second-order valence-electron chi connectivity index (χ2n) is 1.70. The lowest BCUT2D eigenvalue weighted by atomic mass is 10.2. The average molecular weight is 143 g/mol. The summed E-state index contributed by atoms with van der Waals surface area (Å²) in [5.41, 5.74) is 0. The van der Waals surface area contributed by atoms with Crippen LogP contribution in [0.3, 0.4) is 0 Å². The lowest BCUT2D eigenvalue weighted by Crippen LogP contribution is -2.36. The van der Waals surface area contributed by atoms with Crippen molar-refractivity contribution in [1.82, 2.24) is 0 Å². The van der Waals surface area contributed by atoms with Gasteiger partial charge >= 0.3 is 6.18 Å². The van der Waals surface area contributed by atoms with Gasteiger partial charge in [-0.15, -0.1) is 0 Å². The molecule has 0 aliphatic carbocycles. The van der Waals surface area contributed by atoms with Gasteiger partial charge in [-0.25, -0.2) is 5.11 Å². The van der Waals surface area contributed by atoms with E-state index in [9.17, 15) is 18.3 Å². The highest BCUT2D eigenvalue weighted by atomic mass is 19.4. The fraction of sp³-hybridized carbons (Fsp3) is 1.00. The van der Waals surface area contributed by atoms with E-state index in [4.69, 9.17) is 5.11 Å². The second-order valence-corrected chi connectivity index (χ2v) is 1.70. The Bertz CT molecular complexity index is 88.3. The van der Waals surface area contributed by atoms with Crippen LogP contribution in [0.15, 0.2) is 0 Å². The molecule has 0 bridgehead atoms. The van der Waals surface area contributed by atoms with E-state index in [1.165, 1.54) is 0 Å². The summed E-state index contributed by atoms with van der Waals surface area (Å²) >= 11 is 0. The smallest absolute Gasteiger partial charge is 0.390 e. The summed E-state index contributed by atoms with van der Waals surface area (Å²) in [6.07, 6.45) is -9.57. The minimum Gasteiger partial charge on any atom is -0.390 e. The van der Waals surface area contributed by atoms with E-state index >= 15 is 0 Å². The topological polar surface area (TPSA) is 40.1 Å². The van der Waals surface area contributed by atoms with Crippen LogP contribution in [-0.2, 0) is 5.11 Å². The van der Waals surface area contributed by atoms with E-state index in [2.05, 4.69) is 0 Å². The lowest BCUT2D eigenvalue weighted by Gasteiger charge is -2.13. The lowest BCUT2D eigenvalue weighted by molar-refractivity contribution is -0.245. The SMILES string of the molecule is CC(O)C([O])C(F)(F)F. The molecule has 2 nitrogen and oxygen atoms in total. The summed E-state index contributed by atoms with van der Waals surface area (Å²) in [6.45, 7) is 0.811. The van der Waals surface area contributed by atoms with Gasteiger partial charge in [-0.2, -0.15) is 13.2 Å². The molecule has 0 aromatic heterocycles. The fourth-order valence-corrected chi connectivity index (χ4v) is 0.273. The number of aliphatic hydroxyl groups is 1. The van der Waals surface area contributed by atoms with Crippen LogP contribution in [0.25, 0.3) is 0 Å². The van der Waals surface area contributed by atoms with Crippen molar-refractivity contribution in [2.75, 3.05) is 0 Å². The Balaban J connectivity index is 3.88. The molecule has 9 heavy (non-hydrogen) atoms. The summed E-state index contributed by atoms with van der Waals surface area (Å²) in [5, 5.41) is 18.0. The van der Waals surface area contributed by atoms with Crippen LogP contribution < -0.4 is 0 Å². The Kier molecular flexibility index (Phi) is 2.45. The van der Waals surface area contributed by atoms with Gasteiger partial charge in [0.15, 0.2) is 0 Å². The van der Waals surface area contributed by atoms with Crippen LogP contribution in [0.2, 0.25) is 0 Å². The van der Waals surface area contributed by atoms with Crippen molar-refractivity contribution in [2.24, 2.45) is 0 Å². The van der Waals surface area contributed by atoms with Gasteiger partial charge in [0.1, 0.15) is 0 Å². The molecule has 0 aliphatic heterocycles. The Morgan fingerprint density at radius 3 is 1.78 bits per heavy atom. The maximum atomic E-state index is 11.2. The molecule has 0 amide bonds. The molecular formula is C4H6F3O2. The zero-order chi connectivity index (χ0) is 7.65. The molecule has 0 fully saturated rings. The first-order valence-electron chi connectivity index (χ1n) is 2.26. The highest BCUT2D eigenvalue weighted by Crippen LogP contribution is 2.22. The third-order valence-electron chi connectivity index (χ3n) is 0.761. The molecule has 55 valence electrons. The van der Waals surface area contributed by atoms with Gasteiger partial charge in [0.25, 0.3) is 0 Å². The summed E-state index contributed by atoms with van der Waals surface area (Å²) < 4.78 is 33.7. The molecule has 2 unspecified atom stereocenters. The van der Waals surface area contributed by atoms with Gasteiger partial charge in [-0.3, -0.25) is 0 Å². The van der Waals surface area contributed by atoms with Gasteiger partial charge in [0.05, 0.1) is 6.10 Å². The van der Waals surface area contributed by atoms with Gasteiger partial charge in [0.2, 0.25) is 6.10 Å². The molecule has 5 heteroatoms. The summed E-state index contributed by atoms with van der Waals surface area (Å²) in [5.74, 6) is 0. The van der Waals surface area contributed by atoms with Crippen LogP contribution in [0.1, 0.15) is 6.92 Å². The number of aliphatic hydroxyl groups excluding tert-OH is 1. The molecule has 0 saturated heterocycles. The summed E-state index contributed by atoms with van der Waals surface area (Å²) in [4.78, 5) is 0. The highest BCUT2D eigenvalue weighted by Gasteiger charge is 2.42. The van der Waals surface area contributed by atoms with E-state index < -0.39 is 18.4 Å².